The molecule has 0 aromatic rings. The van der Waals surface area contributed by atoms with Crippen LogP contribution in [0.2, 0.25) is 0 Å². The fourth-order valence-electron chi connectivity index (χ4n) is 3.97. The molecular weight excluding hydrogens is 281 g/mol. The molecule has 0 spiro atoms. The molecule has 1 heteroatoms. The molecule has 0 N–H and O–H groups in total. The normalized spacial score (nSPS) is 42.9. The predicted octanol–water partition coefficient (Wildman–Crippen LogP) is 5.09. The molecule has 3 atom stereocenters. The van der Waals surface area contributed by atoms with E-state index in [1.807, 2.05) is 0 Å². The topological polar surface area (TPSA) is 0 Å². The van der Waals surface area contributed by atoms with Gasteiger partial charge in [0.15, 0.2) is 0 Å². The average molecular weight is 310 g/mol. The first-order valence-corrected chi connectivity index (χ1v) is 7.50. The summed E-state index contributed by atoms with van der Waals surface area (Å²) in [7, 11) is 0. The molecule has 2 fully saturated rings. The minimum atomic E-state index is 0. The number of rotatable bonds is 2. The van der Waals surface area contributed by atoms with Crippen LogP contribution in [-0.4, -0.2) is 0 Å². The molecule has 0 aromatic carbocycles. The Hall–Kier alpha value is 1.10. The largest absolute Gasteiger partial charge is 3.00 e. The fraction of sp³-hybridized carbons (Fsp3) is 0.938. The molecular formula is C16H29Y+2. The van der Waals surface area contributed by atoms with E-state index in [-0.39, 0.29) is 32.7 Å². The third-order valence-electron chi connectivity index (χ3n) is 5.61. The molecule has 2 rings (SSSR count). The summed E-state index contributed by atoms with van der Waals surface area (Å²) in [5.74, 6) is 5.04. The summed E-state index contributed by atoms with van der Waals surface area (Å²) in [6, 6.07) is 0. The Kier molecular flexibility index (Phi) is 7.26. The van der Waals surface area contributed by atoms with E-state index >= 15 is 0 Å². The molecule has 3 unspecified atom stereocenters. The van der Waals surface area contributed by atoms with E-state index < -0.39 is 0 Å². The van der Waals surface area contributed by atoms with Crippen molar-refractivity contribution in [2.45, 2.75) is 65.2 Å². The molecule has 2 aliphatic carbocycles. The Morgan fingerprint density at radius 2 is 1.41 bits per heavy atom. The van der Waals surface area contributed by atoms with E-state index in [0.29, 0.717) is 0 Å². The van der Waals surface area contributed by atoms with Crippen molar-refractivity contribution >= 4 is 0 Å². The SMILES string of the molecule is [CH2-]CC1CCC(C2CCC(C)C(C)C2)CC1.[Y+3]. The summed E-state index contributed by atoms with van der Waals surface area (Å²) in [5.41, 5.74) is 0. The minimum absolute atomic E-state index is 0. The molecule has 0 radical (unpaired) electrons. The van der Waals surface area contributed by atoms with Gasteiger partial charge in [-0.05, 0) is 36.5 Å². The monoisotopic (exact) mass is 310 g/mol. The minimum Gasteiger partial charge on any atom is -0.343 e. The Bertz CT molecular complexity index is 206. The second-order valence-electron chi connectivity index (χ2n) is 6.60. The first-order valence-electron chi connectivity index (χ1n) is 7.50. The van der Waals surface area contributed by atoms with E-state index in [2.05, 4.69) is 20.8 Å². The molecule has 0 nitrogen and oxygen atoms in total. The van der Waals surface area contributed by atoms with E-state index in [4.69, 9.17) is 0 Å². The molecule has 17 heavy (non-hydrogen) atoms. The van der Waals surface area contributed by atoms with Crippen LogP contribution >= 0.6 is 0 Å². The van der Waals surface area contributed by atoms with Gasteiger partial charge in [0.1, 0.15) is 0 Å². The zero-order valence-electron chi connectivity index (χ0n) is 11.8. The Morgan fingerprint density at radius 1 is 0.824 bits per heavy atom. The molecule has 2 saturated carbocycles. The van der Waals surface area contributed by atoms with Crippen molar-refractivity contribution in [3.05, 3.63) is 6.92 Å². The van der Waals surface area contributed by atoms with E-state index in [1.54, 1.807) is 0 Å². The van der Waals surface area contributed by atoms with Crippen LogP contribution in [0.4, 0.5) is 0 Å². The van der Waals surface area contributed by atoms with Crippen LogP contribution in [0.1, 0.15) is 65.2 Å². The molecule has 0 amide bonds. The van der Waals surface area contributed by atoms with Crippen molar-refractivity contribution in [1.29, 1.82) is 0 Å². The maximum atomic E-state index is 4.07. The molecule has 0 bridgehead atoms. The third kappa shape index (κ3) is 4.31. The standard InChI is InChI=1S/C16H29.Y/c1-4-14-6-9-15(10-7-14)16-8-5-12(2)13(3)11-16;/h12-16H,1,4-11H2,2-3H3;/q-1;+3. The van der Waals surface area contributed by atoms with Gasteiger partial charge in [0.05, 0.1) is 0 Å². The summed E-state index contributed by atoms with van der Waals surface area (Å²) in [6.45, 7) is 8.98. The smallest absolute Gasteiger partial charge is 0.343 e. The first kappa shape index (κ1) is 16.2. The van der Waals surface area contributed by atoms with Gasteiger partial charge in [-0.1, -0.05) is 51.9 Å². The zero-order valence-corrected chi connectivity index (χ0v) is 14.7. The summed E-state index contributed by atoms with van der Waals surface area (Å²) in [4.78, 5) is 0. The van der Waals surface area contributed by atoms with Crippen molar-refractivity contribution in [2.75, 3.05) is 0 Å². The van der Waals surface area contributed by atoms with Gasteiger partial charge in [0.25, 0.3) is 0 Å². The van der Waals surface area contributed by atoms with Crippen molar-refractivity contribution < 1.29 is 32.7 Å². The predicted molar refractivity (Wildman–Crippen MR) is 71.1 cm³/mol. The van der Waals surface area contributed by atoms with Crippen LogP contribution in [0.25, 0.3) is 0 Å². The van der Waals surface area contributed by atoms with Gasteiger partial charge < -0.3 is 6.92 Å². The van der Waals surface area contributed by atoms with Gasteiger partial charge >= 0.3 is 32.7 Å². The van der Waals surface area contributed by atoms with Gasteiger partial charge in [0.2, 0.25) is 0 Å². The molecule has 0 aliphatic heterocycles. The van der Waals surface area contributed by atoms with Crippen LogP contribution in [-0.2, 0) is 32.7 Å². The summed E-state index contributed by atoms with van der Waals surface area (Å²) in [6.07, 6.45) is 11.6. The van der Waals surface area contributed by atoms with E-state index in [0.717, 1.165) is 29.6 Å². The van der Waals surface area contributed by atoms with E-state index in [1.165, 1.54) is 51.4 Å². The van der Waals surface area contributed by atoms with Gasteiger partial charge in [-0.15, -0.1) is 0 Å². The van der Waals surface area contributed by atoms with Crippen molar-refractivity contribution in [3.63, 3.8) is 0 Å². The number of hydrogen-bond acceptors (Lipinski definition) is 0. The molecule has 0 aromatic heterocycles. The van der Waals surface area contributed by atoms with Crippen LogP contribution in [0.15, 0.2) is 0 Å². The van der Waals surface area contributed by atoms with Crippen LogP contribution < -0.4 is 0 Å². The van der Waals surface area contributed by atoms with Crippen LogP contribution in [0.5, 0.6) is 0 Å². The molecule has 94 valence electrons. The van der Waals surface area contributed by atoms with Gasteiger partial charge in [0, 0.05) is 0 Å². The van der Waals surface area contributed by atoms with Crippen LogP contribution in [0.3, 0.4) is 0 Å². The average Bonchev–Trinajstić information content (AvgIpc) is 2.33. The van der Waals surface area contributed by atoms with Gasteiger partial charge in [-0.2, -0.15) is 6.42 Å². The summed E-state index contributed by atoms with van der Waals surface area (Å²) >= 11 is 0. The van der Waals surface area contributed by atoms with Crippen molar-refractivity contribution in [1.82, 2.24) is 0 Å². The quantitative estimate of drug-likeness (QED) is 0.623. The zero-order chi connectivity index (χ0) is 11.5. The van der Waals surface area contributed by atoms with Gasteiger partial charge in [-0.25, -0.2) is 0 Å². The van der Waals surface area contributed by atoms with Crippen molar-refractivity contribution in [3.8, 4) is 0 Å². The van der Waals surface area contributed by atoms with Crippen LogP contribution in [0, 0.1) is 36.5 Å². The number of hydrogen-bond donors (Lipinski definition) is 0. The maximum absolute atomic E-state index is 4.07. The summed E-state index contributed by atoms with van der Waals surface area (Å²) < 4.78 is 0. The Labute approximate surface area is 134 Å². The molecule has 2 aliphatic rings. The van der Waals surface area contributed by atoms with Gasteiger partial charge in [-0.3, -0.25) is 0 Å². The second kappa shape index (κ2) is 7.63. The molecule has 0 heterocycles. The summed E-state index contributed by atoms with van der Waals surface area (Å²) in [5, 5.41) is 0. The fourth-order valence-corrected chi connectivity index (χ4v) is 3.97. The van der Waals surface area contributed by atoms with E-state index in [9.17, 15) is 0 Å². The maximum Gasteiger partial charge on any atom is 3.00 e. The molecule has 0 saturated heterocycles. The third-order valence-corrected chi connectivity index (χ3v) is 5.61. The Balaban J connectivity index is 0.00000144. The van der Waals surface area contributed by atoms with Crippen molar-refractivity contribution in [2.24, 2.45) is 29.6 Å². The first-order chi connectivity index (χ1) is 7.70. The Morgan fingerprint density at radius 3 is 1.94 bits per heavy atom. The second-order valence-corrected chi connectivity index (χ2v) is 6.60.